The van der Waals surface area contributed by atoms with E-state index in [1.165, 1.54) is 23.7 Å². The summed E-state index contributed by atoms with van der Waals surface area (Å²) in [6.45, 7) is 27.8. The van der Waals surface area contributed by atoms with Gasteiger partial charge in [0.05, 0.1) is 23.1 Å². The fourth-order valence-corrected chi connectivity index (χ4v) is 16.2. The number of nitrogens with one attached hydrogen (secondary N) is 1. The predicted octanol–water partition coefficient (Wildman–Crippen LogP) is 3.56. The SMILES string of the molecule is CCO[Si](CCCNC[SiH2]CCc1c([SiH](C)C)cc(C(C)[Si](OC)(OC)OC)c([SiH](C)C)c1N(CC)CC)(OCC)OCC. The largest absolute Gasteiger partial charge is 0.507 e. The molecular weight excluding hydrogens is 637 g/mol. The summed E-state index contributed by atoms with van der Waals surface area (Å²) in [5, 5.41) is 6.94. The number of anilines is 1. The first-order valence-electron chi connectivity index (χ1n) is 17.2. The third-order valence-electron chi connectivity index (χ3n) is 8.60. The molecule has 1 rings (SSSR count). The smallest absolute Gasteiger partial charge is 0.376 e. The average molecular weight is 705 g/mol. The van der Waals surface area contributed by atoms with Crippen LogP contribution in [-0.4, -0.2) is 112 Å². The molecule has 0 saturated carbocycles. The summed E-state index contributed by atoms with van der Waals surface area (Å²) < 4.78 is 36.2. The summed E-state index contributed by atoms with van der Waals surface area (Å²) in [5.74, 6) is 0. The van der Waals surface area contributed by atoms with Crippen molar-refractivity contribution in [1.29, 1.82) is 0 Å². The summed E-state index contributed by atoms with van der Waals surface area (Å²) in [6.07, 6.45) is 3.36. The normalized spacial score (nSPS) is 13.6. The molecule has 0 spiro atoms. The lowest BCUT2D eigenvalue weighted by atomic mass is 10.0. The second-order valence-corrected chi connectivity index (χ2v) is 25.8. The maximum absolute atomic E-state index is 6.03. The van der Waals surface area contributed by atoms with Gasteiger partial charge in [0.15, 0.2) is 0 Å². The lowest BCUT2D eigenvalue weighted by Gasteiger charge is -2.37. The molecule has 0 aliphatic carbocycles. The highest BCUT2D eigenvalue weighted by Gasteiger charge is 2.47. The van der Waals surface area contributed by atoms with Crippen LogP contribution in [0.4, 0.5) is 5.69 Å². The molecule has 0 bridgehead atoms. The number of benzene rings is 1. The van der Waals surface area contributed by atoms with Gasteiger partial charge in [0, 0.05) is 75.5 Å². The monoisotopic (exact) mass is 704 g/mol. The molecule has 1 aromatic carbocycles. The maximum Gasteiger partial charge on any atom is 0.507 e. The Balaban J connectivity index is 3.23. The first-order chi connectivity index (χ1) is 21.0. The Kier molecular flexibility index (Phi) is 20.6. The zero-order valence-corrected chi connectivity index (χ0v) is 36.4. The molecule has 0 aromatic heterocycles. The Morgan fingerprint density at radius 3 is 1.84 bits per heavy atom. The Bertz CT molecular complexity index is 910. The van der Waals surface area contributed by atoms with Crippen molar-refractivity contribution in [2.45, 2.75) is 98.2 Å². The number of hydrogen-bond acceptors (Lipinski definition) is 8. The van der Waals surface area contributed by atoms with Crippen molar-refractivity contribution in [3.05, 3.63) is 17.2 Å². The van der Waals surface area contributed by atoms with E-state index in [0.717, 1.165) is 38.3 Å². The zero-order valence-electron chi connectivity index (χ0n) is 30.7. The van der Waals surface area contributed by atoms with Crippen LogP contribution in [0.1, 0.15) is 64.6 Å². The molecule has 0 heterocycles. The van der Waals surface area contributed by atoms with Crippen molar-refractivity contribution in [1.82, 2.24) is 5.32 Å². The van der Waals surface area contributed by atoms with Crippen molar-refractivity contribution in [2.75, 3.05) is 71.9 Å². The Labute approximate surface area is 279 Å². The fourth-order valence-electron chi connectivity index (χ4n) is 6.49. The molecule has 0 aliphatic rings. The molecule has 0 saturated heterocycles. The van der Waals surface area contributed by atoms with Crippen molar-refractivity contribution >= 4 is 60.8 Å². The molecule has 1 N–H and O–H groups in total. The summed E-state index contributed by atoms with van der Waals surface area (Å²) in [5.41, 5.74) is 4.66. The molecule has 1 unspecified atom stereocenters. The molecule has 0 fully saturated rings. The van der Waals surface area contributed by atoms with Gasteiger partial charge in [-0.25, -0.2) is 0 Å². The maximum atomic E-state index is 6.03. The number of nitrogens with zero attached hydrogens (tertiary/aromatic N) is 1. The van der Waals surface area contributed by atoms with Crippen LogP contribution in [-0.2, 0) is 33.0 Å². The summed E-state index contributed by atoms with van der Waals surface area (Å²) in [6, 6.07) is 4.75. The second kappa shape index (κ2) is 21.6. The Morgan fingerprint density at radius 2 is 1.41 bits per heavy atom. The molecule has 8 nitrogen and oxygen atoms in total. The van der Waals surface area contributed by atoms with Gasteiger partial charge in [0.1, 0.15) is 0 Å². The molecule has 1 aromatic rings. The quantitative estimate of drug-likeness (QED) is 0.123. The van der Waals surface area contributed by atoms with Crippen molar-refractivity contribution < 1.29 is 26.6 Å². The standard InChI is InChI=1S/C31H68N2O6Si5/c1-14-33(15-2)30-27(20-22-40-25-32-21-19-23-43(37-16-3,38-17-4)39-18-5)29(41(10)11)24-28(31(30)42(12)13)26(6)44(34-7,35-8)36-9/h24,26,32,41-42H,14-23,25,40H2,1-13H3. The van der Waals surface area contributed by atoms with Crippen LogP contribution in [0.5, 0.6) is 0 Å². The van der Waals surface area contributed by atoms with Gasteiger partial charge in [0.25, 0.3) is 0 Å². The number of hydrogen-bond donors (Lipinski definition) is 1. The Morgan fingerprint density at radius 1 is 0.864 bits per heavy atom. The average Bonchev–Trinajstić information content (AvgIpc) is 3.00. The summed E-state index contributed by atoms with van der Waals surface area (Å²) >= 11 is 0. The molecule has 44 heavy (non-hydrogen) atoms. The van der Waals surface area contributed by atoms with E-state index in [0.29, 0.717) is 19.8 Å². The van der Waals surface area contributed by atoms with Gasteiger partial charge in [0.2, 0.25) is 0 Å². The molecule has 0 aliphatic heterocycles. The van der Waals surface area contributed by atoms with E-state index in [1.807, 2.05) is 20.8 Å². The topological polar surface area (TPSA) is 70.7 Å². The van der Waals surface area contributed by atoms with E-state index in [1.54, 1.807) is 37.3 Å². The van der Waals surface area contributed by atoms with Crippen LogP contribution in [0.3, 0.4) is 0 Å². The molecule has 0 amide bonds. The van der Waals surface area contributed by atoms with Gasteiger partial charge < -0.3 is 36.8 Å². The third-order valence-corrected chi connectivity index (χ3v) is 19.9. The first kappa shape index (κ1) is 41.8. The molecule has 1 atom stereocenters. The summed E-state index contributed by atoms with van der Waals surface area (Å²) in [7, 11) is -2.78. The minimum Gasteiger partial charge on any atom is -0.376 e. The van der Waals surface area contributed by atoms with Crippen LogP contribution in [0, 0.1) is 0 Å². The van der Waals surface area contributed by atoms with E-state index in [2.05, 4.69) is 63.2 Å². The van der Waals surface area contributed by atoms with E-state index < -0.39 is 35.2 Å². The van der Waals surface area contributed by atoms with E-state index >= 15 is 0 Å². The van der Waals surface area contributed by atoms with Gasteiger partial charge in [-0.05, 0) is 76.5 Å². The fraction of sp³-hybridized carbons (Fsp3) is 0.806. The summed E-state index contributed by atoms with van der Waals surface area (Å²) in [4.78, 5) is 2.63. The Hall–Kier alpha value is -0.176. The van der Waals surface area contributed by atoms with Crippen molar-refractivity contribution in [2.24, 2.45) is 0 Å². The minimum atomic E-state index is -2.87. The van der Waals surface area contributed by atoms with Gasteiger partial charge >= 0.3 is 17.6 Å². The third kappa shape index (κ3) is 11.2. The highest BCUT2D eigenvalue weighted by Crippen LogP contribution is 2.32. The van der Waals surface area contributed by atoms with Crippen LogP contribution < -0.4 is 20.6 Å². The molecular formula is C31H68N2O6Si5. The minimum absolute atomic E-state index is 0.0795. The van der Waals surface area contributed by atoms with E-state index in [9.17, 15) is 0 Å². The second-order valence-electron chi connectivity index (χ2n) is 12.0. The molecule has 0 radical (unpaired) electrons. The lowest BCUT2D eigenvalue weighted by molar-refractivity contribution is 0.0708. The molecule has 13 heteroatoms. The van der Waals surface area contributed by atoms with Crippen molar-refractivity contribution in [3.63, 3.8) is 0 Å². The van der Waals surface area contributed by atoms with Crippen LogP contribution in [0.25, 0.3) is 0 Å². The lowest BCUT2D eigenvalue weighted by Crippen LogP contribution is -2.52. The predicted molar refractivity (Wildman–Crippen MR) is 202 cm³/mol. The first-order valence-corrected chi connectivity index (χ1v) is 28.7. The van der Waals surface area contributed by atoms with E-state index in [4.69, 9.17) is 26.6 Å². The zero-order chi connectivity index (χ0) is 33.3. The van der Waals surface area contributed by atoms with Gasteiger partial charge in [-0.1, -0.05) is 50.4 Å². The van der Waals surface area contributed by atoms with Crippen molar-refractivity contribution in [3.8, 4) is 0 Å². The molecule has 258 valence electrons. The highest BCUT2D eigenvalue weighted by atomic mass is 28.4. The van der Waals surface area contributed by atoms with E-state index in [-0.39, 0.29) is 15.1 Å². The van der Waals surface area contributed by atoms with Crippen LogP contribution >= 0.6 is 0 Å². The van der Waals surface area contributed by atoms with Gasteiger partial charge in [-0.2, -0.15) is 0 Å². The van der Waals surface area contributed by atoms with Gasteiger partial charge in [-0.3, -0.25) is 0 Å². The van der Waals surface area contributed by atoms with Crippen LogP contribution in [0.15, 0.2) is 6.07 Å². The number of rotatable bonds is 25. The highest BCUT2D eigenvalue weighted by molar-refractivity contribution is 6.75. The van der Waals surface area contributed by atoms with Crippen LogP contribution in [0.2, 0.25) is 38.3 Å². The van der Waals surface area contributed by atoms with Gasteiger partial charge in [-0.15, -0.1) is 0 Å².